The number of hydrogen-bond donors (Lipinski definition) is 0. The molecule has 4 nitrogen and oxygen atoms in total. The normalized spacial score (nSPS) is 11.6. The molecule has 1 aromatic heterocycles. The van der Waals surface area contributed by atoms with Crippen molar-refractivity contribution in [1.82, 2.24) is 4.98 Å². The average Bonchev–Trinajstić information content (AvgIpc) is 3.19. The fraction of sp³-hybridized carbons (Fsp3) is 0.333. The molecule has 0 N–H and O–H groups in total. The van der Waals surface area contributed by atoms with Crippen LogP contribution < -0.4 is 0 Å². The van der Waals surface area contributed by atoms with Crippen molar-refractivity contribution >= 4 is 17.3 Å². The van der Waals surface area contributed by atoms with E-state index < -0.39 is 23.5 Å². The summed E-state index contributed by atoms with van der Waals surface area (Å²) < 4.78 is 62.9. The first-order chi connectivity index (χ1) is 15.7. The van der Waals surface area contributed by atoms with Gasteiger partial charge in [-0.05, 0) is 42.7 Å². The molecule has 0 saturated carbocycles. The van der Waals surface area contributed by atoms with Crippen molar-refractivity contribution in [2.75, 3.05) is 7.11 Å². The number of carbonyl (C=O) groups is 1. The quantitative estimate of drug-likeness (QED) is 0.249. The van der Waals surface area contributed by atoms with E-state index in [0.717, 1.165) is 42.0 Å². The number of rotatable bonds is 9. The molecule has 1 heterocycles. The number of esters is 1. The fourth-order valence-corrected chi connectivity index (χ4v) is 4.20. The van der Waals surface area contributed by atoms with Crippen molar-refractivity contribution in [3.8, 4) is 10.6 Å². The minimum Gasteiger partial charge on any atom is -0.465 e. The topological polar surface area (TPSA) is 48.4 Å². The summed E-state index contributed by atoms with van der Waals surface area (Å²) in [4.78, 5) is 17.0. The minimum atomic E-state index is -4.39. The lowest BCUT2D eigenvalue weighted by molar-refractivity contribution is -0.137. The molecule has 3 aromatic rings. The summed E-state index contributed by atoms with van der Waals surface area (Å²) in [5, 5.41) is 0.627. The Labute approximate surface area is 193 Å². The van der Waals surface area contributed by atoms with Crippen molar-refractivity contribution in [1.29, 1.82) is 0 Å². The summed E-state index contributed by atoms with van der Waals surface area (Å²) in [7, 11) is 1.18. The maximum atomic E-state index is 14.1. The second-order valence-electron chi connectivity index (χ2n) is 7.37. The van der Waals surface area contributed by atoms with Gasteiger partial charge in [-0.2, -0.15) is 13.2 Å². The second kappa shape index (κ2) is 10.9. The highest BCUT2D eigenvalue weighted by molar-refractivity contribution is 7.15. The molecular formula is C24H23F4NO3S. The monoisotopic (exact) mass is 481 g/mol. The lowest BCUT2D eigenvalue weighted by atomic mass is 10.1. The highest BCUT2D eigenvalue weighted by Gasteiger charge is 2.30. The number of ether oxygens (including phenoxy) is 2. The zero-order valence-corrected chi connectivity index (χ0v) is 19.0. The van der Waals surface area contributed by atoms with Gasteiger partial charge < -0.3 is 9.47 Å². The highest BCUT2D eigenvalue weighted by Crippen LogP contribution is 2.33. The van der Waals surface area contributed by atoms with Gasteiger partial charge in [-0.25, -0.2) is 14.2 Å². The van der Waals surface area contributed by atoms with Crippen molar-refractivity contribution in [3.63, 3.8) is 0 Å². The van der Waals surface area contributed by atoms with Gasteiger partial charge >= 0.3 is 12.1 Å². The van der Waals surface area contributed by atoms with Gasteiger partial charge in [0, 0.05) is 5.56 Å². The zero-order valence-electron chi connectivity index (χ0n) is 18.2. The predicted molar refractivity (Wildman–Crippen MR) is 117 cm³/mol. The third kappa shape index (κ3) is 6.39. The Bertz CT molecular complexity index is 1090. The Morgan fingerprint density at radius 3 is 2.42 bits per heavy atom. The van der Waals surface area contributed by atoms with Crippen molar-refractivity contribution in [2.45, 2.75) is 45.6 Å². The van der Waals surface area contributed by atoms with Crippen LogP contribution in [0.1, 0.15) is 51.8 Å². The third-order valence-corrected chi connectivity index (χ3v) is 6.07. The number of benzene rings is 2. The smallest absolute Gasteiger partial charge is 0.416 e. The van der Waals surface area contributed by atoms with Crippen LogP contribution in [0.25, 0.3) is 10.6 Å². The van der Waals surface area contributed by atoms with E-state index in [1.807, 2.05) is 0 Å². The molecule has 0 aliphatic carbocycles. The number of hydrogen-bond acceptors (Lipinski definition) is 5. The largest absolute Gasteiger partial charge is 0.465 e. The van der Waals surface area contributed by atoms with Gasteiger partial charge in [-0.15, -0.1) is 11.3 Å². The maximum Gasteiger partial charge on any atom is 0.416 e. The fourth-order valence-electron chi connectivity index (χ4n) is 3.15. The number of aromatic nitrogens is 1. The molecule has 176 valence electrons. The number of alkyl halides is 3. The first kappa shape index (κ1) is 24.9. The molecule has 0 saturated heterocycles. The van der Waals surface area contributed by atoms with Crippen LogP contribution in [-0.4, -0.2) is 18.1 Å². The SMILES string of the molecule is CCCCc1nc(-c2ccc(C(F)(F)F)cc2)sc1COCc1ccc(C(=O)OC)c(F)c1. The minimum absolute atomic E-state index is 0.124. The van der Waals surface area contributed by atoms with Crippen LogP contribution in [0.4, 0.5) is 17.6 Å². The molecule has 2 aromatic carbocycles. The number of unbranched alkanes of at least 4 members (excludes halogenated alkanes) is 1. The molecule has 3 rings (SSSR count). The van der Waals surface area contributed by atoms with Gasteiger partial charge in [0.1, 0.15) is 10.8 Å². The van der Waals surface area contributed by atoms with Crippen molar-refractivity contribution in [2.24, 2.45) is 0 Å². The molecule has 9 heteroatoms. The number of nitrogens with zero attached hydrogens (tertiary/aromatic N) is 1. The van der Waals surface area contributed by atoms with Gasteiger partial charge in [0.2, 0.25) is 0 Å². The van der Waals surface area contributed by atoms with Gasteiger partial charge in [0.05, 0.1) is 42.0 Å². The summed E-state index contributed by atoms with van der Waals surface area (Å²) in [6.07, 6.45) is -1.77. The van der Waals surface area contributed by atoms with Gasteiger partial charge in [0.15, 0.2) is 0 Å². The van der Waals surface area contributed by atoms with E-state index in [4.69, 9.17) is 4.74 Å². The summed E-state index contributed by atoms with van der Waals surface area (Å²) in [6, 6.07) is 9.10. The third-order valence-electron chi connectivity index (χ3n) is 4.95. The van der Waals surface area contributed by atoms with Crippen LogP contribution >= 0.6 is 11.3 Å². The maximum absolute atomic E-state index is 14.1. The van der Waals surface area contributed by atoms with E-state index >= 15 is 0 Å². The number of carbonyl (C=O) groups excluding carboxylic acids is 1. The van der Waals surface area contributed by atoms with Crippen LogP contribution in [0, 0.1) is 5.82 Å². The van der Waals surface area contributed by atoms with E-state index in [-0.39, 0.29) is 18.8 Å². The van der Waals surface area contributed by atoms with E-state index in [1.165, 1.54) is 42.7 Å². The average molecular weight is 482 g/mol. The van der Waals surface area contributed by atoms with E-state index in [9.17, 15) is 22.4 Å². The van der Waals surface area contributed by atoms with Crippen LogP contribution in [0.5, 0.6) is 0 Å². The summed E-state index contributed by atoms with van der Waals surface area (Å²) in [5.41, 5.74) is 1.17. The number of aryl methyl sites for hydroxylation is 1. The first-order valence-corrected chi connectivity index (χ1v) is 11.1. The number of halogens is 4. The van der Waals surface area contributed by atoms with Crippen LogP contribution in [0.2, 0.25) is 0 Å². The lowest BCUT2D eigenvalue weighted by Crippen LogP contribution is -2.05. The van der Waals surface area contributed by atoms with Gasteiger partial charge in [0.25, 0.3) is 0 Å². The molecule has 33 heavy (non-hydrogen) atoms. The Morgan fingerprint density at radius 2 is 1.82 bits per heavy atom. The van der Waals surface area contributed by atoms with Gasteiger partial charge in [-0.3, -0.25) is 0 Å². The first-order valence-electron chi connectivity index (χ1n) is 10.3. The number of thiazole rings is 1. The van der Waals surface area contributed by atoms with Crippen LogP contribution in [0.15, 0.2) is 42.5 Å². The number of methoxy groups -OCH3 is 1. The highest BCUT2D eigenvalue weighted by atomic mass is 32.1. The molecule has 0 radical (unpaired) electrons. The molecule has 0 aliphatic heterocycles. The van der Waals surface area contributed by atoms with E-state index in [2.05, 4.69) is 16.6 Å². The predicted octanol–water partition coefficient (Wildman–Crippen LogP) is 6.81. The zero-order chi connectivity index (χ0) is 24.0. The lowest BCUT2D eigenvalue weighted by Gasteiger charge is -2.07. The Morgan fingerprint density at radius 1 is 1.09 bits per heavy atom. The van der Waals surface area contributed by atoms with Crippen LogP contribution in [-0.2, 0) is 35.3 Å². The van der Waals surface area contributed by atoms with Crippen molar-refractivity contribution in [3.05, 3.63) is 75.5 Å². The summed E-state index contributed by atoms with van der Waals surface area (Å²) >= 11 is 1.37. The van der Waals surface area contributed by atoms with Crippen molar-refractivity contribution < 1.29 is 31.8 Å². The summed E-state index contributed by atoms with van der Waals surface area (Å²) in [5.74, 6) is -1.44. The molecule has 0 fully saturated rings. The molecule has 0 amide bonds. The molecule has 0 unspecified atom stereocenters. The van der Waals surface area contributed by atoms with Crippen LogP contribution in [0.3, 0.4) is 0 Å². The Hall–Kier alpha value is -2.78. The second-order valence-corrected chi connectivity index (χ2v) is 8.45. The van der Waals surface area contributed by atoms with E-state index in [0.29, 0.717) is 16.1 Å². The molecule has 0 spiro atoms. The van der Waals surface area contributed by atoms with Gasteiger partial charge in [-0.1, -0.05) is 31.5 Å². The molecular weight excluding hydrogens is 458 g/mol. The van der Waals surface area contributed by atoms with E-state index in [1.54, 1.807) is 6.07 Å². The Balaban J connectivity index is 1.72. The standard InChI is InChI=1S/C24H23F4NO3S/c1-3-4-5-20-21(14-32-13-15-6-11-18(19(25)12-15)23(30)31-2)33-22(29-20)16-7-9-17(10-8-16)24(26,27)28/h6-12H,3-5,13-14H2,1-2H3. The Kier molecular flexibility index (Phi) is 8.20. The molecule has 0 bridgehead atoms. The summed E-state index contributed by atoms with van der Waals surface area (Å²) in [6.45, 7) is 2.42. The molecule has 0 aliphatic rings. The molecule has 0 atom stereocenters.